The minimum atomic E-state index is -0.579. The number of carbonyl (C=O) groups is 3. The van der Waals surface area contributed by atoms with Crippen molar-refractivity contribution in [3.05, 3.63) is 57.6 Å². The smallest absolute Gasteiger partial charge is 0.337 e. The van der Waals surface area contributed by atoms with Crippen molar-refractivity contribution in [2.75, 3.05) is 17.7 Å². The van der Waals surface area contributed by atoms with Gasteiger partial charge in [0.2, 0.25) is 11.8 Å². The predicted octanol–water partition coefficient (Wildman–Crippen LogP) is 4.06. The molecule has 0 spiro atoms. The Morgan fingerprint density at radius 3 is 2.31 bits per heavy atom. The highest BCUT2D eigenvalue weighted by Crippen LogP contribution is 2.24. The van der Waals surface area contributed by atoms with E-state index >= 15 is 0 Å². The Balaban J connectivity index is 2.00. The maximum atomic E-state index is 12.1. The van der Waals surface area contributed by atoms with Crippen molar-refractivity contribution in [1.82, 2.24) is 0 Å². The van der Waals surface area contributed by atoms with Gasteiger partial charge in [-0.2, -0.15) is 0 Å². The Kier molecular flexibility index (Phi) is 6.60. The first kappa shape index (κ1) is 19.8. The van der Waals surface area contributed by atoms with E-state index in [1.54, 1.807) is 18.2 Å². The van der Waals surface area contributed by atoms with Crippen molar-refractivity contribution in [3.8, 4) is 0 Å². The Morgan fingerprint density at radius 2 is 1.65 bits per heavy atom. The third-order valence-electron chi connectivity index (χ3n) is 3.44. The van der Waals surface area contributed by atoms with Gasteiger partial charge in [0.15, 0.2) is 0 Å². The highest BCUT2D eigenvalue weighted by molar-refractivity contribution is 6.34. The van der Waals surface area contributed by atoms with Crippen LogP contribution in [0.2, 0.25) is 10.0 Å². The van der Waals surface area contributed by atoms with Gasteiger partial charge >= 0.3 is 5.97 Å². The number of halogens is 2. The van der Waals surface area contributed by atoms with Crippen LogP contribution in [-0.4, -0.2) is 24.9 Å². The molecule has 0 unspecified atom stereocenters. The van der Waals surface area contributed by atoms with Crippen LogP contribution in [0.25, 0.3) is 0 Å². The third-order valence-corrected chi connectivity index (χ3v) is 4.18. The molecule has 0 bridgehead atoms. The van der Waals surface area contributed by atoms with E-state index in [2.05, 4.69) is 15.4 Å². The summed E-state index contributed by atoms with van der Waals surface area (Å²) in [7, 11) is 1.25. The Labute approximate surface area is 160 Å². The maximum absolute atomic E-state index is 12.1. The summed E-state index contributed by atoms with van der Waals surface area (Å²) in [4.78, 5) is 35.6. The van der Waals surface area contributed by atoms with E-state index in [4.69, 9.17) is 23.2 Å². The van der Waals surface area contributed by atoms with Crippen LogP contribution < -0.4 is 10.6 Å². The molecule has 0 heterocycles. The molecule has 8 heteroatoms. The number of anilines is 2. The van der Waals surface area contributed by atoms with Crippen molar-refractivity contribution in [1.29, 1.82) is 0 Å². The van der Waals surface area contributed by atoms with Crippen molar-refractivity contribution >= 4 is 52.4 Å². The number of benzene rings is 2. The number of amides is 2. The fraction of sp³-hybridized carbons (Fsp3) is 0.167. The summed E-state index contributed by atoms with van der Waals surface area (Å²) in [6.07, 6.45) is -0.426. The normalized spacial score (nSPS) is 10.2. The van der Waals surface area contributed by atoms with Gasteiger partial charge in [0.05, 0.1) is 23.4 Å². The molecule has 0 aliphatic heterocycles. The number of hydrogen-bond acceptors (Lipinski definition) is 4. The zero-order valence-corrected chi connectivity index (χ0v) is 15.6. The predicted molar refractivity (Wildman–Crippen MR) is 101 cm³/mol. The zero-order chi connectivity index (χ0) is 19.3. The standard InChI is InChI=1S/C18H16Cl2N2O4/c1-10-3-5-12(8-14(10)20)21-16(23)9-17(24)22-15-7-11(18(25)26-2)4-6-13(15)19/h3-8H,9H2,1-2H3,(H,21,23)(H,22,24). The molecule has 2 aromatic rings. The van der Waals surface area contributed by atoms with Crippen LogP contribution >= 0.6 is 23.2 Å². The van der Waals surface area contributed by atoms with Crippen LogP contribution in [-0.2, 0) is 14.3 Å². The summed E-state index contributed by atoms with van der Waals surface area (Å²) in [6, 6.07) is 9.35. The lowest BCUT2D eigenvalue weighted by Crippen LogP contribution is -2.21. The van der Waals surface area contributed by atoms with E-state index in [0.717, 1.165) is 5.56 Å². The number of methoxy groups -OCH3 is 1. The van der Waals surface area contributed by atoms with E-state index in [1.807, 2.05) is 6.92 Å². The van der Waals surface area contributed by atoms with Crippen molar-refractivity contribution < 1.29 is 19.1 Å². The molecule has 26 heavy (non-hydrogen) atoms. The number of nitrogens with one attached hydrogen (secondary N) is 2. The van der Waals surface area contributed by atoms with Gasteiger partial charge in [0, 0.05) is 10.7 Å². The highest BCUT2D eigenvalue weighted by atomic mass is 35.5. The van der Waals surface area contributed by atoms with Gasteiger partial charge in [-0.1, -0.05) is 29.3 Å². The first-order valence-corrected chi connectivity index (χ1v) is 8.29. The molecule has 2 rings (SSSR count). The van der Waals surface area contributed by atoms with Gasteiger partial charge in [-0.15, -0.1) is 0 Å². The SMILES string of the molecule is COC(=O)c1ccc(Cl)c(NC(=O)CC(=O)Nc2ccc(C)c(Cl)c2)c1. The number of carbonyl (C=O) groups excluding carboxylic acids is 3. The summed E-state index contributed by atoms with van der Waals surface area (Å²) in [6.45, 7) is 1.84. The second-order valence-corrected chi connectivity index (χ2v) is 6.24. The molecule has 0 aliphatic rings. The van der Waals surface area contributed by atoms with Crippen LogP contribution in [0.5, 0.6) is 0 Å². The van der Waals surface area contributed by atoms with Crippen LogP contribution in [0.15, 0.2) is 36.4 Å². The summed E-state index contributed by atoms with van der Waals surface area (Å²) in [5, 5.41) is 5.84. The molecule has 0 aromatic heterocycles. The van der Waals surface area contributed by atoms with Crippen LogP contribution in [0.1, 0.15) is 22.3 Å². The van der Waals surface area contributed by atoms with Gasteiger partial charge in [-0.3, -0.25) is 9.59 Å². The molecule has 2 amide bonds. The van der Waals surface area contributed by atoms with Crippen molar-refractivity contribution in [3.63, 3.8) is 0 Å². The summed E-state index contributed by atoms with van der Waals surface area (Å²) >= 11 is 12.0. The van der Waals surface area contributed by atoms with E-state index in [1.165, 1.54) is 25.3 Å². The largest absolute Gasteiger partial charge is 0.465 e. The molecule has 6 nitrogen and oxygen atoms in total. The average Bonchev–Trinajstić information content (AvgIpc) is 2.59. The number of esters is 1. The van der Waals surface area contributed by atoms with E-state index in [9.17, 15) is 14.4 Å². The van der Waals surface area contributed by atoms with Crippen LogP contribution in [0.3, 0.4) is 0 Å². The topological polar surface area (TPSA) is 84.5 Å². The lowest BCUT2D eigenvalue weighted by molar-refractivity contribution is -0.123. The molecular weight excluding hydrogens is 379 g/mol. The summed E-state index contributed by atoms with van der Waals surface area (Å²) < 4.78 is 4.62. The fourth-order valence-corrected chi connectivity index (χ4v) is 2.43. The van der Waals surface area contributed by atoms with Crippen LogP contribution in [0, 0.1) is 6.92 Å². The molecule has 2 N–H and O–H groups in total. The number of rotatable bonds is 5. The van der Waals surface area contributed by atoms with Gasteiger partial charge < -0.3 is 15.4 Å². The van der Waals surface area contributed by atoms with E-state index in [-0.39, 0.29) is 16.3 Å². The fourth-order valence-electron chi connectivity index (χ4n) is 2.08. The number of aryl methyl sites for hydroxylation is 1. The molecular formula is C18H16Cl2N2O4. The Morgan fingerprint density at radius 1 is 0.962 bits per heavy atom. The second-order valence-electron chi connectivity index (χ2n) is 5.42. The second kappa shape index (κ2) is 8.69. The lowest BCUT2D eigenvalue weighted by atomic mass is 10.2. The number of ether oxygens (including phenoxy) is 1. The summed E-state index contributed by atoms with van der Waals surface area (Å²) in [5.74, 6) is -1.65. The third kappa shape index (κ3) is 5.21. The van der Waals surface area contributed by atoms with Gasteiger partial charge in [0.1, 0.15) is 6.42 Å². The molecule has 2 aromatic carbocycles. The van der Waals surface area contributed by atoms with Crippen LogP contribution in [0.4, 0.5) is 11.4 Å². The monoisotopic (exact) mass is 394 g/mol. The first-order valence-electron chi connectivity index (χ1n) is 7.54. The maximum Gasteiger partial charge on any atom is 0.337 e. The van der Waals surface area contributed by atoms with Gasteiger partial charge in [0.25, 0.3) is 0 Å². The highest BCUT2D eigenvalue weighted by Gasteiger charge is 2.14. The molecule has 0 fully saturated rings. The minimum absolute atomic E-state index is 0.214. The van der Waals surface area contributed by atoms with E-state index < -0.39 is 24.2 Å². The zero-order valence-electron chi connectivity index (χ0n) is 14.1. The minimum Gasteiger partial charge on any atom is -0.465 e. The molecule has 0 saturated carbocycles. The Bertz CT molecular complexity index is 868. The molecule has 136 valence electrons. The first-order chi connectivity index (χ1) is 12.3. The van der Waals surface area contributed by atoms with E-state index in [0.29, 0.717) is 10.7 Å². The van der Waals surface area contributed by atoms with Gasteiger partial charge in [-0.25, -0.2) is 4.79 Å². The van der Waals surface area contributed by atoms with Crippen molar-refractivity contribution in [2.45, 2.75) is 13.3 Å². The molecule has 0 radical (unpaired) electrons. The number of hydrogen-bond donors (Lipinski definition) is 2. The molecule has 0 aliphatic carbocycles. The molecule has 0 atom stereocenters. The quantitative estimate of drug-likeness (QED) is 0.591. The average molecular weight is 395 g/mol. The lowest BCUT2D eigenvalue weighted by Gasteiger charge is -2.10. The molecule has 0 saturated heterocycles. The Hall–Kier alpha value is -2.57. The summed E-state index contributed by atoms with van der Waals surface area (Å²) in [5.41, 5.74) is 1.81. The van der Waals surface area contributed by atoms with Crippen molar-refractivity contribution in [2.24, 2.45) is 0 Å². The van der Waals surface area contributed by atoms with Gasteiger partial charge in [-0.05, 0) is 42.8 Å².